The van der Waals surface area contributed by atoms with Crippen molar-refractivity contribution in [3.63, 3.8) is 0 Å². The number of allylic oxidation sites excluding steroid dienone is 4. The van der Waals surface area contributed by atoms with E-state index in [0.717, 1.165) is 0 Å². The third kappa shape index (κ3) is 2.10. The molecule has 1 heteroatoms. The molecular weight excluding hydrogens is 292 g/mol. The van der Waals surface area contributed by atoms with Crippen LogP contribution >= 0.6 is 0 Å². The Morgan fingerprint density at radius 3 is 1.30 bits per heavy atom. The maximum atomic E-state index is 2.50. The average Bonchev–Trinajstić information content (AvgIpc) is 3.08. The lowest BCUT2D eigenvalue weighted by Crippen LogP contribution is -2.41. The Morgan fingerprint density at radius 2 is 0.913 bits per heavy atom. The lowest BCUT2D eigenvalue weighted by atomic mass is 10.1. The Balaban J connectivity index is 1.82. The minimum absolute atomic E-state index is 1.41. The predicted octanol–water partition coefficient (Wildman–Crippen LogP) is 5.85. The van der Waals surface area contributed by atoms with Crippen molar-refractivity contribution in [2.75, 3.05) is 0 Å². The molecule has 114 valence electrons. The molecule has 0 unspecified atom stereocenters. The summed E-state index contributed by atoms with van der Waals surface area (Å²) < 4.78 is 0. The number of hydrogen-bond acceptors (Lipinski definition) is 0. The molecule has 0 spiro atoms. The summed E-state index contributed by atoms with van der Waals surface area (Å²) in [6.45, 7) is 9.47. The van der Waals surface area contributed by atoms with E-state index in [9.17, 15) is 0 Å². The minimum atomic E-state index is -1.74. The maximum Gasteiger partial charge on any atom is 0.0815 e. The van der Waals surface area contributed by atoms with Gasteiger partial charge in [0.25, 0.3) is 0 Å². The molecule has 0 fully saturated rings. The van der Waals surface area contributed by atoms with Crippen LogP contribution in [0, 0.1) is 11.1 Å². The molecule has 0 bridgehead atoms. The van der Waals surface area contributed by atoms with Crippen molar-refractivity contribution < 1.29 is 0 Å². The van der Waals surface area contributed by atoms with E-state index >= 15 is 0 Å². The molecule has 0 nitrogen and oxygen atoms in total. The summed E-state index contributed by atoms with van der Waals surface area (Å²) in [6, 6.07) is 17.7. The summed E-state index contributed by atoms with van der Waals surface area (Å²) in [7, 11) is -1.74. The molecule has 0 aliphatic heterocycles. The Hall–Kier alpha value is -1.86. The van der Waals surface area contributed by atoms with Gasteiger partial charge in [0, 0.05) is 11.1 Å². The molecule has 0 aromatic heterocycles. The zero-order valence-electron chi connectivity index (χ0n) is 14.3. The van der Waals surface area contributed by atoms with Gasteiger partial charge in [-0.3, -0.25) is 0 Å². The predicted molar refractivity (Wildman–Crippen MR) is 102 cm³/mol. The van der Waals surface area contributed by atoms with Gasteiger partial charge in [-0.25, -0.2) is 0 Å². The van der Waals surface area contributed by atoms with Gasteiger partial charge in [0.05, 0.1) is 8.07 Å². The van der Waals surface area contributed by atoms with E-state index in [0.29, 0.717) is 0 Å². The summed E-state index contributed by atoms with van der Waals surface area (Å²) in [5.74, 6) is 0. The molecule has 0 atom stereocenters. The van der Waals surface area contributed by atoms with Crippen LogP contribution in [0.4, 0.5) is 0 Å². The van der Waals surface area contributed by atoms with Crippen LogP contribution in [-0.2, 0) is 0 Å². The molecule has 4 rings (SSSR count). The van der Waals surface area contributed by atoms with Gasteiger partial charge >= 0.3 is 0 Å². The molecule has 2 aliphatic carbocycles. The highest BCUT2D eigenvalue weighted by atomic mass is 28.3. The van der Waals surface area contributed by atoms with Crippen molar-refractivity contribution in [1.82, 2.24) is 0 Å². The van der Waals surface area contributed by atoms with Crippen LogP contribution in [0.1, 0.15) is 36.1 Å². The van der Waals surface area contributed by atoms with Gasteiger partial charge in [-0.2, -0.15) is 0 Å². The largest absolute Gasteiger partial charge is 0.0815 e. The van der Waals surface area contributed by atoms with Crippen molar-refractivity contribution in [3.8, 4) is 0 Å². The Labute approximate surface area is 140 Å². The van der Waals surface area contributed by atoms with E-state index in [1.807, 2.05) is 0 Å². The van der Waals surface area contributed by atoms with Crippen LogP contribution in [0.3, 0.4) is 0 Å². The van der Waals surface area contributed by atoms with Gasteiger partial charge in [-0.05, 0) is 47.2 Å². The minimum Gasteiger partial charge on any atom is -0.0722 e. The smallest absolute Gasteiger partial charge is 0.0722 e. The molecular formula is C22H22Si. The van der Waals surface area contributed by atoms with Crippen LogP contribution in [0.5, 0.6) is 0 Å². The zero-order valence-corrected chi connectivity index (χ0v) is 15.3. The lowest BCUT2D eigenvalue weighted by Gasteiger charge is -2.34. The number of rotatable bonds is 2. The van der Waals surface area contributed by atoms with Crippen molar-refractivity contribution >= 4 is 19.2 Å². The normalized spacial score (nSPS) is 17.7. The van der Waals surface area contributed by atoms with Crippen LogP contribution in [0.2, 0.25) is 13.1 Å². The molecule has 2 aromatic carbocycles. The first-order valence-corrected chi connectivity index (χ1v) is 11.3. The van der Waals surface area contributed by atoms with Gasteiger partial charge in [0.2, 0.25) is 0 Å². The Bertz CT molecular complexity index is 769. The summed E-state index contributed by atoms with van der Waals surface area (Å²) in [5.41, 5.74) is 11.7. The van der Waals surface area contributed by atoms with E-state index in [1.54, 1.807) is 11.1 Å². The van der Waals surface area contributed by atoms with Crippen LogP contribution in [0.25, 0.3) is 11.1 Å². The van der Waals surface area contributed by atoms with Gasteiger partial charge in [-0.1, -0.05) is 73.8 Å². The van der Waals surface area contributed by atoms with Crippen LogP contribution < -0.4 is 0 Å². The highest BCUT2D eigenvalue weighted by Gasteiger charge is 2.44. The topological polar surface area (TPSA) is 0 Å². The molecule has 23 heavy (non-hydrogen) atoms. The molecule has 0 N–H and O–H groups in total. The number of fused-ring (bicyclic) bond motifs is 2. The summed E-state index contributed by atoms with van der Waals surface area (Å²) in [5, 5.41) is 0. The van der Waals surface area contributed by atoms with E-state index in [2.05, 4.69) is 87.6 Å². The second-order valence-electron chi connectivity index (χ2n) is 7.20. The first kappa shape index (κ1) is 14.7. The summed E-state index contributed by atoms with van der Waals surface area (Å²) in [4.78, 5) is 0. The van der Waals surface area contributed by atoms with E-state index in [1.165, 1.54) is 33.4 Å². The van der Waals surface area contributed by atoms with E-state index in [4.69, 9.17) is 0 Å². The summed E-state index contributed by atoms with van der Waals surface area (Å²) in [6.07, 6.45) is 4.88. The quantitative estimate of drug-likeness (QED) is 0.610. The first-order chi connectivity index (χ1) is 11.0. The molecule has 2 radical (unpaired) electrons. The third-order valence-electron chi connectivity index (χ3n) is 5.35. The summed E-state index contributed by atoms with van der Waals surface area (Å²) >= 11 is 0. The Morgan fingerprint density at radius 1 is 0.565 bits per heavy atom. The van der Waals surface area contributed by atoms with Crippen molar-refractivity contribution in [3.05, 3.63) is 94.0 Å². The fourth-order valence-electron chi connectivity index (χ4n) is 4.05. The average molecular weight is 315 g/mol. The van der Waals surface area contributed by atoms with Crippen LogP contribution in [0.15, 0.2) is 60.7 Å². The second kappa shape index (κ2) is 5.07. The fraction of sp³-hybridized carbons (Fsp3) is 0.182. The highest BCUT2D eigenvalue weighted by Crippen LogP contribution is 2.48. The van der Waals surface area contributed by atoms with Gasteiger partial charge < -0.3 is 0 Å². The lowest BCUT2D eigenvalue weighted by molar-refractivity contribution is 1.34. The van der Waals surface area contributed by atoms with Gasteiger partial charge in [0.15, 0.2) is 0 Å². The maximum absolute atomic E-state index is 2.50. The van der Waals surface area contributed by atoms with Crippen molar-refractivity contribution in [2.45, 2.75) is 26.9 Å². The van der Waals surface area contributed by atoms with E-state index in [-0.39, 0.29) is 0 Å². The zero-order chi connectivity index (χ0) is 16.2. The monoisotopic (exact) mass is 314 g/mol. The van der Waals surface area contributed by atoms with Gasteiger partial charge in [0.1, 0.15) is 0 Å². The SMILES string of the molecule is CC1=C[C]([Si](C)(C)[C]2C=C(C)c3ccccc32)c2ccccc21. The number of benzene rings is 2. The fourth-order valence-corrected chi connectivity index (χ4v) is 7.27. The standard InChI is InChI=1S/C22H22Si/c1-15-13-21(19-11-7-5-9-17(15)19)23(3,4)22-14-16(2)18-10-6-8-12-20(18)22/h5-14H,1-4H3. The molecule has 0 amide bonds. The highest BCUT2D eigenvalue weighted by molar-refractivity contribution is 6.90. The van der Waals surface area contributed by atoms with Crippen molar-refractivity contribution in [2.24, 2.45) is 0 Å². The molecule has 2 aliphatic rings. The van der Waals surface area contributed by atoms with Gasteiger partial charge in [-0.15, -0.1) is 0 Å². The van der Waals surface area contributed by atoms with Crippen molar-refractivity contribution in [1.29, 1.82) is 0 Å². The Kier molecular flexibility index (Phi) is 3.24. The number of hydrogen-bond donors (Lipinski definition) is 0. The molecule has 0 heterocycles. The second-order valence-corrected chi connectivity index (χ2v) is 11.5. The molecule has 0 saturated carbocycles. The first-order valence-electron chi connectivity index (χ1n) is 8.31. The molecule has 0 saturated heterocycles. The third-order valence-corrected chi connectivity index (χ3v) is 8.87. The molecule has 2 aromatic rings. The van der Waals surface area contributed by atoms with E-state index < -0.39 is 8.07 Å². The van der Waals surface area contributed by atoms with Crippen LogP contribution in [-0.4, -0.2) is 8.07 Å².